The molecule has 0 aliphatic heterocycles. The molecular weight excluding hydrogens is 304 g/mol. The molecule has 124 valence electrons. The summed E-state index contributed by atoms with van der Waals surface area (Å²) >= 11 is 0. The predicted molar refractivity (Wildman–Crippen MR) is 89.4 cm³/mol. The van der Waals surface area contributed by atoms with Gasteiger partial charge in [-0.2, -0.15) is 10.1 Å². The minimum Gasteiger partial charge on any atom is -0.350 e. The zero-order valence-electron chi connectivity index (χ0n) is 14.0. The van der Waals surface area contributed by atoms with Gasteiger partial charge in [-0.1, -0.05) is 6.07 Å². The van der Waals surface area contributed by atoms with Crippen LogP contribution in [0, 0.1) is 13.8 Å². The van der Waals surface area contributed by atoms with Crippen molar-refractivity contribution in [3.8, 4) is 0 Å². The first-order valence-corrected chi connectivity index (χ1v) is 7.91. The van der Waals surface area contributed by atoms with Gasteiger partial charge in [0.05, 0.1) is 6.04 Å². The molecular formula is C17H20N6O. The van der Waals surface area contributed by atoms with Crippen molar-refractivity contribution in [1.82, 2.24) is 29.9 Å². The Kier molecular flexibility index (Phi) is 4.50. The predicted octanol–water partition coefficient (Wildman–Crippen LogP) is 1.95. The quantitative estimate of drug-likeness (QED) is 0.775. The number of aromatic nitrogens is 5. The molecule has 0 saturated carbocycles. The summed E-state index contributed by atoms with van der Waals surface area (Å²) in [6, 6.07) is 3.75. The Hall–Kier alpha value is -2.83. The molecule has 0 bridgehead atoms. The average Bonchev–Trinajstić information content (AvgIpc) is 3.04. The highest BCUT2D eigenvalue weighted by Crippen LogP contribution is 2.15. The van der Waals surface area contributed by atoms with Gasteiger partial charge in [-0.25, -0.2) is 9.50 Å². The normalized spacial score (nSPS) is 12.3. The first kappa shape index (κ1) is 16.0. The van der Waals surface area contributed by atoms with Gasteiger partial charge in [-0.15, -0.1) is 0 Å². The summed E-state index contributed by atoms with van der Waals surface area (Å²) in [6.45, 7) is 5.86. The average molecular weight is 324 g/mol. The highest BCUT2D eigenvalue weighted by atomic mass is 16.1. The largest absolute Gasteiger partial charge is 0.350 e. The van der Waals surface area contributed by atoms with Crippen LogP contribution in [0.2, 0.25) is 0 Å². The van der Waals surface area contributed by atoms with Crippen molar-refractivity contribution in [2.45, 2.75) is 39.7 Å². The van der Waals surface area contributed by atoms with Crippen molar-refractivity contribution < 1.29 is 4.79 Å². The Morgan fingerprint density at radius 3 is 2.96 bits per heavy atom. The Morgan fingerprint density at radius 1 is 1.38 bits per heavy atom. The van der Waals surface area contributed by atoms with Crippen LogP contribution in [0.25, 0.3) is 5.78 Å². The topological polar surface area (TPSA) is 85.1 Å². The van der Waals surface area contributed by atoms with Gasteiger partial charge in [-0.3, -0.25) is 9.78 Å². The lowest BCUT2D eigenvalue weighted by Crippen LogP contribution is -2.27. The number of pyridine rings is 1. The van der Waals surface area contributed by atoms with Crippen LogP contribution >= 0.6 is 0 Å². The van der Waals surface area contributed by atoms with Gasteiger partial charge in [0.25, 0.3) is 5.78 Å². The molecule has 1 unspecified atom stereocenters. The molecule has 3 heterocycles. The number of hydrogen-bond acceptors (Lipinski definition) is 5. The number of carbonyl (C=O) groups excluding carboxylic acids is 1. The first-order valence-electron chi connectivity index (χ1n) is 7.91. The lowest BCUT2D eigenvalue weighted by Gasteiger charge is -2.15. The van der Waals surface area contributed by atoms with Crippen LogP contribution in [0.4, 0.5) is 0 Å². The molecule has 1 atom stereocenters. The summed E-state index contributed by atoms with van der Waals surface area (Å²) in [5.41, 5.74) is 3.89. The van der Waals surface area contributed by atoms with Crippen LogP contribution in [0.3, 0.4) is 0 Å². The molecule has 24 heavy (non-hydrogen) atoms. The van der Waals surface area contributed by atoms with Crippen molar-refractivity contribution in [3.05, 3.63) is 53.4 Å². The van der Waals surface area contributed by atoms with E-state index in [0.717, 1.165) is 22.5 Å². The third-order valence-electron chi connectivity index (χ3n) is 4.15. The van der Waals surface area contributed by atoms with Crippen LogP contribution in [0.15, 0.2) is 30.9 Å². The van der Waals surface area contributed by atoms with E-state index >= 15 is 0 Å². The van der Waals surface area contributed by atoms with Crippen molar-refractivity contribution in [2.75, 3.05) is 0 Å². The lowest BCUT2D eigenvalue weighted by molar-refractivity contribution is -0.121. The zero-order chi connectivity index (χ0) is 17.1. The second kappa shape index (κ2) is 6.74. The fourth-order valence-corrected chi connectivity index (χ4v) is 2.78. The van der Waals surface area contributed by atoms with E-state index in [1.54, 1.807) is 16.9 Å². The summed E-state index contributed by atoms with van der Waals surface area (Å²) in [7, 11) is 0. The maximum Gasteiger partial charge on any atom is 0.252 e. The molecule has 0 aliphatic rings. The minimum atomic E-state index is -0.0654. The fraction of sp³-hybridized carbons (Fsp3) is 0.353. The molecule has 0 fully saturated rings. The molecule has 3 aromatic heterocycles. The number of rotatable bonds is 5. The molecule has 3 rings (SSSR count). The summed E-state index contributed by atoms with van der Waals surface area (Å²) in [4.78, 5) is 24.9. The molecule has 3 aromatic rings. The number of aryl methyl sites for hydroxylation is 2. The zero-order valence-corrected chi connectivity index (χ0v) is 14.0. The van der Waals surface area contributed by atoms with Crippen LogP contribution in [-0.4, -0.2) is 30.5 Å². The fourth-order valence-electron chi connectivity index (χ4n) is 2.78. The summed E-state index contributed by atoms with van der Waals surface area (Å²) in [5, 5.41) is 7.17. The number of fused-ring (bicyclic) bond motifs is 1. The van der Waals surface area contributed by atoms with Gasteiger partial charge >= 0.3 is 0 Å². The van der Waals surface area contributed by atoms with Gasteiger partial charge < -0.3 is 5.32 Å². The maximum absolute atomic E-state index is 12.2. The van der Waals surface area contributed by atoms with Crippen molar-refractivity contribution >= 4 is 11.7 Å². The van der Waals surface area contributed by atoms with E-state index in [1.807, 2.05) is 32.9 Å². The molecule has 7 nitrogen and oxygen atoms in total. The van der Waals surface area contributed by atoms with E-state index in [4.69, 9.17) is 0 Å². The number of nitrogens with one attached hydrogen (secondary N) is 1. The Balaban J connectivity index is 1.66. The third kappa shape index (κ3) is 3.24. The molecule has 0 saturated heterocycles. The molecule has 0 radical (unpaired) electrons. The number of nitrogens with zero attached hydrogens (tertiary/aromatic N) is 5. The smallest absolute Gasteiger partial charge is 0.252 e. The van der Waals surface area contributed by atoms with E-state index < -0.39 is 0 Å². The van der Waals surface area contributed by atoms with Crippen LogP contribution < -0.4 is 5.32 Å². The third-order valence-corrected chi connectivity index (χ3v) is 4.15. The van der Waals surface area contributed by atoms with Gasteiger partial charge in [0.1, 0.15) is 6.33 Å². The molecule has 1 N–H and O–H groups in total. The van der Waals surface area contributed by atoms with E-state index in [-0.39, 0.29) is 11.9 Å². The molecule has 0 aliphatic carbocycles. The Bertz CT molecular complexity index is 858. The summed E-state index contributed by atoms with van der Waals surface area (Å²) < 4.78 is 1.71. The minimum absolute atomic E-state index is 0.00356. The molecule has 7 heteroatoms. The van der Waals surface area contributed by atoms with Crippen LogP contribution in [0.5, 0.6) is 0 Å². The lowest BCUT2D eigenvalue weighted by atomic mass is 10.1. The molecule has 0 aromatic carbocycles. The number of amides is 1. The molecule has 1 amide bonds. The number of carbonyl (C=O) groups is 1. The summed E-state index contributed by atoms with van der Waals surface area (Å²) in [6.07, 6.45) is 5.99. The van der Waals surface area contributed by atoms with Gasteiger partial charge in [0.15, 0.2) is 0 Å². The van der Waals surface area contributed by atoms with E-state index in [9.17, 15) is 4.79 Å². The van der Waals surface area contributed by atoms with E-state index in [0.29, 0.717) is 18.6 Å². The van der Waals surface area contributed by atoms with Gasteiger partial charge in [0.2, 0.25) is 5.91 Å². The van der Waals surface area contributed by atoms with E-state index in [1.165, 1.54) is 6.33 Å². The first-order chi connectivity index (χ1) is 11.6. The van der Waals surface area contributed by atoms with Crippen molar-refractivity contribution in [1.29, 1.82) is 0 Å². The van der Waals surface area contributed by atoms with Crippen molar-refractivity contribution in [3.63, 3.8) is 0 Å². The Morgan fingerprint density at radius 2 is 2.21 bits per heavy atom. The van der Waals surface area contributed by atoms with Gasteiger partial charge in [-0.05, 0) is 44.4 Å². The van der Waals surface area contributed by atoms with Gasteiger partial charge in [0, 0.05) is 30.2 Å². The van der Waals surface area contributed by atoms with Crippen molar-refractivity contribution in [2.24, 2.45) is 0 Å². The van der Waals surface area contributed by atoms with Crippen LogP contribution in [0.1, 0.15) is 41.9 Å². The maximum atomic E-state index is 12.2. The Labute approximate surface area is 140 Å². The van der Waals surface area contributed by atoms with Crippen LogP contribution in [-0.2, 0) is 11.2 Å². The second-order valence-corrected chi connectivity index (χ2v) is 5.81. The SMILES string of the molecule is Cc1nc2ncnn2c(C)c1CCC(=O)NC(C)c1cccnc1. The second-order valence-electron chi connectivity index (χ2n) is 5.81. The standard InChI is InChI=1S/C17H20N6O/c1-11(14-5-4-8-18-9-14)21-16(24)7-6-15-12(2)22-17-19-10-20-23(17)13(15)3/h4-5,8-11H,6-7H2,1-3H3,(H,21,24). The summed E-state index contributed by atoms with van der Waals surface area (Å²) in [5.74, 6) is 0.590. The highest BCUT2D eigenvalue weighted by Gasteiger charge is 2.14. The van der Waals surface area contributed by atoms with E-state index in [2.05, 4.69) is 25.4 Å². The number of hydrogen-bond donors (Lipinski definition) is 1. The highest BCUT2D eigenvalue weighted by molar-refractivity contribution is 5.76. The monoisotopic (exact) mass is 324 g/mol. The molecule has 0 spiro atoms.